The minimum Gasteiger partial charge on any atom is -0.351 e. The van der Waals surface area contributed by atoms with Gasteiger partial charge in [0.15, 0.2) is 6.04 Å². The molecule has 0 spiro atoms. The molecule has 24 heavy (non-hydrogen) atoms. The first-order valence-electron chi connectivity index (χ1n) is 6.73. The number of carbonyl (C=O) groups is 2. The number of azo groups is 1. The second-order valence-corrected chi connectivity index (χ2v) is 4.60. The van der Waals surface area contributed by atoms with Gasteiger partial charge in [-0.25, -0.2) is 9.18 Å². The summed E-state index contributed by atoms with van der Waals surface area (Å²) in [5, 5.41) is 17.6. The molecule has 8 nitrogen and oxygen atoms in total. The number of hydrogen-bond acceptors (Lipinski definition) is 6. The van der Waals surface area contributed by atoms with E-state index in [2.05, 4.69) is 15.2 Å². The van der Waals surface area contributed by atoms with Crippen molar-refractivity contribution in [2.24, 2.45) is 16.0 Å². The Labute approximate surface area is 136 Å². The van der Waals surface area contributed by atoms with Crippen molar-refractivity contribution in [2.45, 2.75) is 6.04 Å². The maximum Gasteiger partial charge on any atom is 0.318 e. The number of nitrogens with two attached hydrogens (primary N) is 1. The van der Waals surface area contributed by atoms with E-state index in [9.17, 15) is 14.0 Å². The van der Waals surface area contributed by atoms with Crippen molar-refractivity contribution in [3.8, 4) is 0 Å². The number of imide groups is 1. The van der Waals surface area contributed by atoms with Gasteiger partial charge in [-0.3, -0.25) is 15.1 Å². The number of nitrogens with one attached hydrogen (secondary N) is 2. The summed E-state index contributed by atoms with van der Waals surface area (Å²) in [7, 11) is 0. The zero-order valence-corrected chi connectivity index (χ0v) is 12.3. The molecule has 3 amide bonds. The Balaban J connectivity index is 2.29. The van der Waals surface area contributed by atoms with E-state index in [1.54, 1.807) is 12.1 Å². The summed E-state index contributed by atoms with van der Waals surface area (Å²) in [5.74, 6) is -1.40. The first-order valence-corrected chi connectivity index (χ1v) is 6.73. The molecule has 0 radical (unpaired) electrons. The lowest BCUT2D eigenvalue weighted by molar-refractivity contribution is -0.119. The van der Waals surface area contributed by atoms with Gasteiger partial charge in [-0.2, -0.15) is 10.2 Å². The summed E-state index contributed by atoms with van der Waals surface area (Å²) < 4.78 is 13.0. The molecule has 1 atom stereocenters. The van der Waals surface area contributed by atoms with Crippen molar-refractivity contribution in [1.29, 1.82) is 5.41 Å². The molecule has 1 heterocycles. The van der Waals surface area contributed by atoms with E-state index in [-0.39, 0.29) is 11.3 Å². The van der Waals surface area contributed by atoms with Gasteiger partial charge in [-0.1, -0.05) is 12.1 Å². The van der Waals surface area contributed by atoms with E-state index >= 15 is 0 Å². The molecule has 2 aromatic rings. The van der Waals surface area contributed by atoms with Gasteiger partial charge in [0.05, 0.1) is 11.9 Å². The number of primary amides is 1. The van der Waals surface area contributed by atoms with E-state index < -0.39 is 23.8 Å². The van der Waals surface area contributed by atoms with Crippen LogP contribution in [-0.4, -0.2) is 28.7 Å². The number of benzene rings is 1. The van der Waals surface area contributed by atoms with Gasteiger partial charge < -0.3 is 11.1 Å². The molecule has 0 aliphatic carbocycles. The molecule has 9 heteroatoms. The number of aromatic nitrogens is 1. The SMILES string of the molecule is N=C(c1ccc(F)cc1)C(N=Nc1cccnc1)C(=O)NC(N)=O. The Morgan fingerprint density at radius 1 is 1.25 bits per heavy atom. The standard InChI is InChI=1S/C15H13FN6O2/c16-10-5-3-9(4-6-10)12(17)13(14(23)20-15(18)24)22-21-11-2-1-7-19-8-11/h1-8,13,17H,(H3,18,20,23,24). The van der Waals surface area contributed by atoms with Crippen LogP contribution in [0.15, 0.2) is 59.0 Å². The second-order valence-electron chi connectivity index (χ2n) is 4.60. The maximum atomic E-state index is 13.0. The van der Waals surface area contributed by atoms with Gasteiger partial charge in [0.1, 0.15) is 11.5 Å². The van der Waals surface area contributed by atoms with Crippen LogP contribution in [0.4, 0.5) is 14.9 Å². The van der Waals surface area contributed by atoms with Gasteiger partial charge >= 0.3 is 6.03 Å². The minimum atomic E-state index is -1.43. The van der Waals surface area contributed by atoms with Gasteiger partial charge in [0, 0.05) is 6.20 Å². The average Bonchev–Trinajstić information content (AvgIpc) is 2.56. The third-order valence-electron chi connectivity index (χ3n) is 2.86. The zero-order valence-electron chi connectivity index (χ0n) is 12.3. The average molecular weight is 328 g/mol. The van der Waals surface area contributed by atoms with Crippen LogP contribution in [0.3, 0.4) is 0 Å². The number of pyridine rings is 1. The Morgan fingerprint density at radius 3 is 2.54 bits per heavy atom. The Bertz CT molecular complexity index is 776. The number of urea groups is 1. The molecule has 0 saturated carbocycles. The van der Waals surface area contributed by atoms with Crippen LogP contribution in [0, 0.1) is 11.2 Å². The molecule has 1 aromatic heterocycles. The predicted molar refractivity (Wildman–Crippen MR) is 83.5 cm³/mol. The molecule has 0 fully saturated rings. The Morgan fingerprint density at radius 2 is 1.96 bits per heavy atom. The molecule has 0 aliphatic heterocycles. The summed E-state index contributed by atoms with van der Waals surface area (Å²) >= 11 is 0. The minimum absolute atomic E-state index is 0.256. The van der Waals surface area contributed by atoms with Gasteiger partial charge in [0.25, 0.3) is 5.91 Å². The second kappa shape index (κ2) is 7.68. The monoisotopic (exact) mass is 328 g/mol. The quantitative estimate of drug-likeness (QED) is 0.572. The molecule has 1 aromatic carbocycles. The number of nitrogens with zero attached hydrogens (tertiary/aromatic N) is 3. The predicted octanol–water partition coefficient (Wildman–Crippen LogP) is 1.94. The number of rotatable bonds is 5. The van der Waals surface area contributed by atoms with Gasteiger partial charge in [-0.15, -0.1) is 0 Å². The lowest BCUT2D eigenvalue weighted by Crippen LogP contribution is -2.44. The van der Waals surface area contributed by atoms with Crippen molar-refractivity contribution >= 4 is 23.3 Å². The smallest absolute Gasteiger partial charge is 0.318 e. The van der Waals surface area contributed by atoms with Crippen LogP contribution in [0.5, 0.6) is 0 Å². The first-order chi connectivity index (χ1) is 11.5. The van der Waals surface area contributed by atoms with Gasteiger partial charge in [0.2, 0.25) is 0 Å². The van der Waals surface area contributed by atoms with E-state index in [0.29, 0.717) is 5.69 Å². The first kappa shape index (κ1) is 16.9. The van der Waals surface area contributed by atoms with E-state index in [4.69, 9.17) is 11.1 Å². The molecular weight excluding hydrogens is 315 g/mol. The lowest BCUT2D eigenvalue weighted by Gasteiger charge is -2.12. The third kappa shape index (κ3) is 4.50. The van der Waals surface area contributed by atoms with Crippen molar-refractivity contribution < 1.29 is 14.0 Å². The van der Waals surface area contributed by atoms with E-state index in [1.807, 2.05) is 5.32 Å². The van der Waals surface area contributed by atoms with Crippen LogP contribution < -0.4 is 11.1 Å². The third-order valence-corrected chi connectivity index (χ3v) is 2.86. The summed E-state index contributed by atoms with van der Waals surface area (Å²) in [6.07, 6.45) is 2.95. The van der Waals surface area contributed by atoms with Crippen molar-refractivity contribution in [1.82, 2.24) is 10.3 Å². The highest BCUT2D eigenvalue weighted by Gasteiger charge is 2.25. The molecule has 4 N–H and O–H groups in total. The summed E-state index contributed by atoms with van der Waals surface area (Å²) in [4.78, 5) is 26.8. The highest BCUT2D eigenvalue weighted by molar-refractivity contribution is 6.17. The molecular formula is C15H13FN6O2. The zero-order chi connectivity index (χ0) is 17.5. The summed E-state index contributed by atoms with van der Waals surface area (Å²) in [6.45, 7) is 0. The van der Waals surface area contributed by atoms with E-state index in [1.165, 1.54) is 24.5 Å². The number of carbonyl (C=O) groups excluding carboxylic acids is 2. The fourth-order valence-corrected chi connectivity index (χ4v) is 1.76. The fraction of sp³-hybridized carbons (Fsp3) is 0.0667. The van der Waals surface area contributed by atoms with Crippen LogP contribution >= 0.6 is 0 Å². The van der Waals surface area contributed by atoms with Crippen molar-refractivity contribution in [3.63, 3.8) is 0 Å². The highest BCUT2D eigenvalue weighted by atomic mass is 19.1. The molecule has 2 rings (SSSR count). The molecule has 1 unspecified atom stereocenters. The van der Waals surface area contributed by atoms with Crippen molar-refractivity contribution in [2.75, 3.05) is 0 Å². The van der Waals surface area contributed by atoms with Crippen LogP contribution in [0.25, 0.3) is 0 Å². The number of hydrogen-bond donors (Lipinski definition) is 3. The topological polar surface area (TPSA) is 134 Å². The summed E-state index contributed by atoms with van der Waals surface area (Å²) in [6, 6.07) is 5.65. The maximum absolute atomic E-state index is 13.0. The Kier molecular flexibility index (Phi) is 5.40. The van der Waals surface area contributed by atoms with Crippen LogP contribution in [0.1, 0.15) is 5.56 Å². The van der Waals surface area contributed by atoms with Crippen LogP contribution in [-0.2, 0) is 4.79 Å². The van der Waals surface area contributed by atoms with Crippen molar-refractivity contribution in [3.05, 3.63) is 60.2 Å². The number of amides is 3. The fourth-order valence-electron chi connectivity index (χ4n) is 1.76. The number of halogens is 1. The molecule has 0 saturated heterocycles. The Hall–Kier alpha value is -3.49. The lowest BCUT2D eigenvalue weighted by atomic mass is 10.0. The molecule has 0 bridgehead atoms. The van der Waals surface area contributed by atoms with E-state index in [0.717, 1.165) is 12.1 Å². The highest BCUT2D eigenvalue weighted by Crippen LogP contribution is 2.13. The molecule has 122 valence electrons. The largest absolute Gasteiger partial charge is 0.351 e. The normalized spacial score (nSPS) is 11.9. The molecule has 0 aliphatic rings. The van der Waals surface area contributed by atoms with Gasteiger partial charge in [-0.05, 0) is 29.8 Å². The van der Waals surface area contributed by atoms with Crippen LogP contribution in [0.2, 0.25) is 0 Å². The summed E-state index contributed by atoms with van der Waals surface area (Å²) in [5.41, 5.74) is 5.28.